The van der Waals surface area contributed by atoms with Crippen molar-refractivity contribution in [3.63, 3.8) is 0 Å². The number of nitrogens with one attached hydrogen (secondary N) is 2. The van der Waals surface area contributed by atoms with Crippen LogP contribution in [0.15, 0.2) is 44.7 Å². The molecule has 0 unspecified atom stereocenters. The molecule has 1 aromatic carbocycles. The number of hydrogen-bond acceptors (Lipinski definition) is 4. The quantitative estimate of drug-likeness (QED) is 0.575. The average Bonchev–Trinajstić information content (AvgIpc) is 3.15. The first-order valence-electron chi connectivity index (χ1n) is 8.94. The van der Waals surface area contributed by atoms with Gasteiger partial charge in [-0.05, 0) is 56.6 Å². The van der Waals surface area contributed by atoms with Crippen molar-refractivity contribution in [1.82, 2.24) is 4.90 Å². The molecule has 1 heterocycles. The van der Waals surface area contributed by atoms with Gasteiger partial charge < -0.3 is 15.1 Å². The first-order chi connectivity index (χ1) is 13.0. The fourth-order valence-corrected chi connectivity index (χ4v) is 2.57. The van der Waals surface area contributed by atoms with Crippen LogP contribution in [0.3, 0.4) is 0 Å². The number of rotatable bonds is 7. The van der Waals surface area contributed by atoms with Crippen LogP contribution in [0.2, 0.25) is 0 Å². The highest BCUT2D eigenvalue weighted by Crippen LogP contribution is 2.21. The number of carbonyl (C=O) groups excluding carboxylic acids is 1. The molecule has 0 fully saturated rings. The molecule has 0 bridgehead atoms. The average molecular weight is 369 g/mol. The van der Waals surface area contributed by atoms with Gasteiger partial charge >= 0.3 is 0 Å². The summed E-state index contributed by atoms with van der Waals surface area (Å²) in [5, 5.41) is 5.94. The van der Waals surface area contributed by atoms with Gasteiger partial charge in [0, 0.05) is 18.4 Å². The van der Waals surface area contributed by atoms with Gasteiger partial charge in [0.25, 0.3) is 5.91 Å². The van der Waals surface area contributed by atoms with Gasteiger partial charge in [-0.3, -0.25) is 14.7 Å². The standard InChI is InChI=1S/C20H27N5O2/c1-6-25(7-2)13-16-10-11-18(27-16)19(26)23-15-9-8-14(3)17(12-15)24-20(21-4)22-5/h8-12H,4,6-7,13H2,1-3,5H3,(H,22,24)(H,23,26). The number of aryl methyl sites for hydroxylation is 1. The summed E-state index contributed by atoms with van der Waals surface area (Å²) in [7, 11) is 1.63. The molecular formula is C20H27N5O2. The minimum Gasteiger partial charge on any atom is -0.455 e. The molecule has 2 N–H and O–H groups in total. The van der Waals surface area contributed by atoms with E-state index in [4.69, 9.17) is 4.42 Å². The zero-order chi connectivity index (χ0) is 19.8. The minimum absolute atomic E-state index is 0.288. The lowest BCUT2D eigenvalue weighted by Crippen LogP contribution is -2.21. The smallest absolute Gasteiger partial charge is 0.291 e. The number of furan rings is 1. The van der Waals surface area contributed by atoms with Crippen molar-refractivity contribution >= 4 is 30.0 Å². The predicted octanol–water partition coefficient (Wildman–Crippen LogP) is 3.78. The Morgan fingerprint density at radius 3 is 2.56 bits per heavy atom. The highest BCUT2D eigenvalue weighted by atomic mass is 16.4. The largest absolute Gasteiger partial charge is 0.455 e. The summed E-state index contributed by atoms with van der Waals surface area (Å²) >= 11 is 0. The third-order valence-electron chi connectivity index (χ3n) is 4.26. The highest BCUT2D eigenvalue weighted by molar-refractivity contribution is 6.03. The SMILES string of the molecule is C=NC(=NC)Nc1cc(NC(=O)c2ccc(CN(CC)CC)o2)ccc1C. The van der Waals surface area contributed by atoms with Crippen LogP contribution in [-0.2, 0) is 6.54 Å². The summed E-state index contributed by atoms with van der Waals surface area (Å²) in [6.45, 7) is 12.2. The van der Waals surface area contributed by atoms with Crippen molar-refractivity contribution in [3.05, 3.63) is 47.4 Å². The number of amides is 1. The molecule has 0 radical (unpaired) electrons. The van der Waals surface area contributed by atoms with Crippen LogP contribution < -0.4 is 10.6 Å². The van der Waals surface area contributed by atoms with E-state index in [-0.39, 0.29) is 11.7 Å². The summed E-state index contributed by atoms with van der Waals surface area (Å²) < 4.78 is 5.69. The first-order valence-corrected chi connectivity index (χ1v) is 8.94. The number of nitrogens with zero attached hydrogens (tertiary/aromatic N) is 3. The molecule has 0 spiro atoms. The van der Waals surface area contributed by atoms with Gasteiger partial charge in [-0.2, -0.15) is 0 Å². The predicted molar refractivity (Wildman–Crippen MR) is 111 cm³/mol. The maximum Gasteiger partial charge on any atom is 0.291 e. The van der Waals surface area contributed by atoms with Gasteiger partial charge in [-0.25, -0.2) is 4.99 Å². The number of anilines is 2. The number of hydrogen-bond donors (Lipinski definition) is 2. The van der Waals surface area contributed by atoms with E-state index in [9.17, 15) is 4.79 Å². The van der Waals surface area contributed by atoms with Crippen LogP contribution in [0.1, 0.15) is 35.7 Å². The minimum atomic E-state index is -0.290. The lowest BCUT2D eigenvalue weighted by molar-refractivity contribution is 0.0993. The molecule has 1 aromatic heterocycles. The molecule has 0 aliphatic heterocycles. The van der Waals surface area contributed by atoms with Crippen LogP contribution in [0, 0.1) is 6.92 Å². The van der Waals surface area contributed by atoms with E-state index in [0.717, 1.165) is 30.1 Å². The Bertz CT molecular complexity index is 822. The lowest BCUT2D eigenvalue weighted by atomic mass is 10.1. The zero-order valence-corrected chi connectivity index (χ0v) is 16.4. The molecule has 2 aromatic rings. The second-order valence-corrected chi connectivity index (χ2v) is 6.04. The summed E-state index contributed by atoms with van der Waals surface area (Å²) in [4.78, 5) is 22.5. The molecule has 7 heteroatoms. The molecule has 0 aliphatic carbocycles. The van der Waals surface area contributed by atoms with Crippen molar-refractivity contribution in [2.45, 2.75) is 27.3 Å². The fourth-order valence-electron chi connectivity index (χ4n) is 2.57. The van der Waals surface area contributed by atoms with Gasteiger partial charge in [0.1, 0.15) is 5.76 Å². The summed E-state index contributed by atoms with van der Waals surface area (Å²) in [5.41, 5.74) is 2.44. The van der Waals surface area contributed by atoms with Crippen molar-refractivity contribution in [3.8, 4) is 0 Å². The van der Waals surface area contributed by atoms with Crippen LogP contribution in [0.4, 0.5) is 11.4 Å². The molecule has 2 rings (SSSR count). The van der Waals surface area contributed by atoms with Crippen molar-refractivity contribution in [1.29, 1.82) is 0 Å². The van der Waals surface area contributed by atoms with Gasteiger partial charge in [-0.15, -0.1) is 0 Å². The van der Waals surface area contributed by atoms with E-state index in [1.165, 1.54) is 0 Å². The van der Waals surface area contributed by atoms with E-state index >= 15 is 0 Å². The third-order valence-corrected chi connectivity index (χ3v) is 4.26. The molecule has 0 saturated carbocycles. The Morgan fingerprint density at radius 2 is 1.93 bits per heavy atom. The maximum absolute atomic E-state index is 12.5. The van der Waals surface area contributed by atoms with E-state index in [2.05, 4.69) is 46.1 Å². The highest BCUT2D eigenvalue weighted by Gasteiger charge is 2.13. The summed E-state index contributed by atoms with van der Waals surface area (Å²) in [5.74, 6) is 1.18. The normalized spacial score (nSPS) is 11.5. The Balaban J connectivity index is 2.09. The number of carbonyl (C=O) groups is 1. The van der Waals surface area contributed by atoms with Crippen molar-refractivity contribution in [2.24, 2.45) is 9.98 Å². The van der Waals surface area contributed by atoms with Crippen molar-refractivity contribution < 1.29 is 9.21 Å². The Hall–Kier alpha value is -2.93. The van der Waals surface area contributed by atoms with E-state index in [1.54, 1.807) is 13.1 Å². The lowest BCUT2D eigenvalue weighted by Gasteiger charge is -2.15. The second-order valence-electron chi connectivity index (χ2n) is 6.04. The Labute approximate surface area is 160 Å². The van der Waals surface area contributed by atoms with Crippen LogP contribution in [-0.4, -0.2) is 43.6 Å². The number of guanidine groups is 1. The van der Waals surface area contributed by atoms with Crippen LogP contribution >= 0.6 is 0 Å². The fraction of sp³-hybridized carbons (Fsp3) is 0.350. The van der Waals surface area contributed by atoms with Gasteiger partial charge in [0.2, 0.25) is 5.96 Å². The Kier molecular flexibility index (Phi) is 7.31. The molecule has 0 atom stereocenters. The molecule has 7 nitrogen and oxygen atoms in total. The summed E-state index contributed by atoms with van der Waals surface area (Å²) in [6.07, 6.45) is 0. The summed E-state index contributed by atoms with van der Waals surface area (Å²) in [6, 6.07) is 9.11. The monoisotopic (exact) mass is 369 g/mol. The number of benzene rings is 1. The van der Waals surface area contributed by atoms with E-state index in [0.29, 0.717) is 18.2 Å². The third kappa shape index (κ3) is 5.52. The maximum atomic E-state index is 12.5. The molecule has 0 aliphatic rings. The van der Waals surface area contributed by atoms with Gasteiger partial charge in [-0.1, -0.05) is 19.9 Å². The molecule has 0 saturated heterocycles. The zero-order valence-electron chi connectivity index (χ0n) is 16.4. The van der Waals surface area contributed by atoms with Gasteiger partial charge in [0.15, 0.2) is 5.76 Å². The molecule has 144 valence electrons. The second kappa shape index (κ2) is 9.68. The first kappa shape index (κ1) is 20.4. The van der Waals surface area contributed by atoms with Crippen molar-refractivity contribution in [2.75, 3.05) is 30.8 Å². The Morgan fingerprint density at radius 1 is 1.19 bits per heavy atom. The topological polar surface area (TPSA) is 82.2 Å². The number of aliphatic imine (C=N–C) groups is 2. The van der Waals surface area contributed by atoms with E-state index in [1.807, 2.05) is 31.2 Å². The van der Waals surface area contributed by atoms with E-state index < -0.39 is 0 Å². The van der Waals surface area contributed by atoms with Crippen LogP contribution in [0.25, 0.3) is 0 Å². The molecule has 27 heavy (non-hydrogen) atoms. The molecule has 1 amide bonds. The molecular weight excluding hydrogens is 342 g/mol. The van der Waals surface area contributed by atoms with Crippen LogP contribution in [0.5, 0.6) is 0 Å². The van der Waals surface area contributed by atoms with Gasteiger partial charge in [0.05, 0.1) is 6.54 Å².